The molecule has 1 saturated carbocycles. The molecule has 1 aliphatic rings. The molecule has 3 rings (SSSR count). The first-order valence-electron chi connectivity index (χ1n) is 10.3. The molecule has 0 saturated heterocycles. The van der Waals surface area contributed by atoms with Gasteiger partial charge in [-0.05, 0) is 66.5 Å². The number of benzene rings is 2. The molecule has 0 atom stereocenters. The zero-order valence-corrected chi connectivity index (χ0v) is 16.5. The second-order valence-corrected chi connectivity index (χ2v) is 7.78. The van der Waals surface area contributed by atoms with Crippen molar-refractivity contribution in [3.05, 3.63) is 59.4 Å². The molecule has 146 valence electrons. The van der Waals surface area contributed by atoms with Gasteiger partial charge in [-0.25, -0.2) is 4.39 Å². The van der Waals surface area contributed by atoms with Crippen LogP contribution in [-0.4, -0.2) is 6.61 Å². The molecule has 3 heteroatoms. The van der Waals surface area contributed by atoms with Gasteiger partial charge in [-0.3, -0.25) is 0 Å². The summed E-state index contributed by atoms with van der Waals surface area (Å²) >= 11 is 0. The van der Waals surface area contributed by atoms with Crippen molar-refractivity contribution in [3.63, 3.8) is 0 Å². The summed E-state index contributed by atoms with van der Waals surface area (Å²) in [6.07, 6.45) is 6.97. The van der Waals surface area contributed by atoms with Crippen molar-refractivity contribution in [2.24, 2.45) is 5.92 Å². The number of rotatable bonds is 8. The van der Waals surface area contributed by atoms with Gasteiger partial charge < -0.3 is 9.47 Å². The highest BCUT2D eigenvalue weighted by molar-refractivity contribution is 5.32. The summed E-state index contributed by atoms with van der Waals surface area (Å²) in [7, 11) is 0. The van der Waals surface area contributed by atoms with Crippen LogP contribution in [0.1, 0.15) is 69.4 Å². The molecule has 0 spiro atoms. The molecule has 0 bridgehead atoms. The van der Waals surface area contributed by atoms with Crippen molar-refractivity contribution in [2.45, 2.75) is 64.9 Å². The minimum atomic E-state index is -0.259. The minimum Gasteiger partial charge on any atom is -0.494 e. The van der Waals surface area contributed by atoms with E-state index in [1.807, 2.05) is 30.3 Å². The summed E-state index contributed by atoms with van der Waals surface area (Å²) in [5.74, 6) is 2.23. The average Bonchev–Trinajstić information content (AvgIpc) is 2.69. The summed E-state index contributed by atoms with van der Waals surface area (Å²) in [6.45, 7) is 5.54. The number of unbranched alkanes of at least 4 members (excludes halogenated alkanes) is 1. The van der Waals surface area contributed by atoms with E-state index >= 15 is 0 Å². The lowest BCUT2D eigenvalue weighted by Gasteiger charge is -2.26. The summed E-state index contributed by atoms with van der Waals surface area (Å²) in [6, 6.07) is 13.3. The van der Waals surface area contributed by atoms with E-state index in [4.69, 9.17) is 9.47 Å². The van der Waals surface area contributed by atoms with Gasteiger partial charge in [0.2, 0.25) is 0 Å². The van der Waals surface area contributed by atoms with Crippen LogP contribution in [0.2, 0.25) is 0 Å². The third kappa shape index (κ3) is 5.72. The van der Waals surface area contributed by atoms with E-state index in [-0.39, 0.29) is 5.82 Å². The highest BCUT2D eigenvalue weighted by atomic mass is 19.1. The molecule has 0 radical (unpaired) electrons. The molecule has 2 aromatic rings. The van der Waals surface area contributed by atoms with Crippen molar-refractivity contribution < 1.29 is 13.9 Å². The molecule has 0 aromatic heterocycles. The topological polar surface area (TPSA) is 18.5 Å². The van der Waals surface area contributed by atoms with Crippen LogP contribution in [0.25, 0.3) is 0 Å². The molecular weight excluding hydrogens is 339 g/mol. The summed E-state index contributed by atoms with van der Waals surface area (Å²) in [5.41, 5.74) is 2.11. The lowest BCUT2D eigenvalue weighted by Crippen LogP contribution is -2.11. The van der Waals surface area contributed by atoms with Crippen LogP contribution in [0.3, 0.4) is 0 Å². The quantitative estimate of drug-likeness (QED) is 0.472. The molecule has 27 heavy (non-hydrogen) atoms. The Bertz CT molecular complexity index is 703. The zero-order valence-electron chi connectivity index (χ0n) is 16.5. The standard InChI is InChI=1S/C24H31FO2/c1-3-4-15-26-22-12-7-19(8-13-22)17-27-24-14-11-21(16-23(24)25)20-9-5-18(2)6-10-20/h7-8,11-14,16,18,20H,3-6,9-10,15,17H2,1-2H3/t18-,20-. The van der Waals surface area contributed by atoms with E-state index in [9.17, 15) is 4.39 Å². The van der Waals surface area contributed by atoms with Crippen molar-refractivity contribution >= 4 is 0 Å². The molecule has 1 aliphatic carbocycles. The third-order valence-corrected chi connectivity index (χ3v) is 5.53. The van der Waals surface area contributed by atoms with Gasteiger partial charge in [0.1, 0.15) is 12.4 Å². The second kappa shape index (κ2) is 9.77. The van der Waals surface area contributed by atoms with Crippen LogP contribution in [-0.2, 0) is 6.61 Å². The van der Waals surface area contributed by atoms with Gasteiger partial charge in [0.15, 0.2) is 11.6 Å². The fourth-order valence-electron chi connectivity index (χ4n) is 3.66. The largest absolute Gasteiger partial charge is 0.494 e. The average molecular weight is 371 g/mol. The van der Waals surface area contributed by atoms with Gasteiger partial charge in [0, 0.05) is 0 Å². The molecule has 0 N–H and O–H groups in total. The Morgan fingerprint density at radius 3 is 2.37 bits per heavy atom. The van der Waals surface area contributed by atoms with E-state index in [1.165, 1.54) is 12.8 Å². The van der Waals surface area contributed by atoms with Crippen LogP contribution in [0.5, 0.6) is 11.5 Å². The van der Waals surface area contributed by atoms with Crippen molar-refractivity contribution in [2.75, 3.05) is 6.61 Å². The van der Waals surface area contributed by atoms with Gasteiger partial charge >= 0.3 is 0 Å². The number of halogens is 1. The van der Waals surface area contributed by atoms with Crippen LogP contribution in [0.4, 0.5) is 4.39 Å². The maximum absolute atomic E-state index is 14.5. The Kier molecular flexibility index (Phi) is 7.14. The fourth-order valence-corrected chi connectivity index (χ4v) is 3.66. The normalized spacial score (nSPS) is 19.7. The van der Waals surface area contributed by atoms with Crippen molar-refractivity contribution in [3.8, 4) is 11.5 Å². The highest BCUT2D eigenvalue weighted by Gasteiger charge is 2.20. The SMILES string of the molecule is CCCCOc1ccc(COc2ccc([C@H]3CC[C@H](C)CC3)cc2F)cc1. The van der Waals surface area contributed by atoms with E-state index < -0.39 is 0 Å². The maximum atomic E-state index is 14.5. The van der Waals surface area contributed by atoms with E-state index in [2.05, 4.69) is 13.8 Å². The number of hydrogen-bond acceptors (Lipinski definition) is 2. The Hall–Kier alpha value is -2.03. The monoisotopic (exact) mass is 370 g/mol. The number of hydrogen-bond donors (Lipinski definition) is 0. The van der Waals surface area contributed by atoms with Crippen LogP contribution in [0, 0.1) is 11.7 Å². The predicted octanol–water partition coefficient (Wildman–Crippen LogP) is 6.88. The molecule has 0 unspecified atom stereocenters. The van der Waals surface area contributed by atoms with E-state index in [1.54, 1.807) is 12.1 Å². The van der Waals surface area contributed by atoms with Gasteiger partial charge in [-0.2, -0.15) is 0 Å². The van der Waals surface area contributed by atoms with Crippen molar-refractivity contribution in [1.82, 2.24) is 0 Å². The van der Waals surface area contributed by atoms with E-state index in [0.29, 0.717) is 18.3 Å². The van der Waals surface area contributed by atoms with Crippen LogP contribution >= 0.6 is 0 Å². The molecule has 0 aliphatic heterocycles. The minimum absolute atomic E-state index is 0.259. The lowest BCUT2D eigenvalue weighted by molar-refractivity contribution is 0.288. The third-order valence-electron chi connectivity index (χ3n) is 5.53. The summed E-state index contributed by atoms with van der Waals surface area (Å²) in [4.78, 5) is 0. The number of ether oxygens (including phenoxy) is 2. The lowest BCUT2D eigenvalue weighted by atomic mass is 9.79. The van der Waals surface area contributed by atoms with Crippen molar-refractivity contribution in [1.29, 1.82) is 0 Å². The van der Waals surface area contributed by atoms with E-state index in [0.717, 1.165) is 55.1 Å². The molecule has 2 nitrogen and oxygen atoms in total. The Labute approximate surface area is 162 Å². The smallest absolute Gasteiger partial charge is 0.165 e. The first-order valence-corrected chi connectivity index (χ1v) is 10.3. The first kappa shape index (κ1) is 19.7. The van der Waals surface area contributed by atoms with Crippen LogP contribution < -0.4 is 9.47 Å². The Morgan fingerprint density at radius 1 is 0.963 bits per heavy atom. The van der Waals surface area contributed by atoms with Gasteiger partial charge in [0.05, 0.1) is 6.61 Å². The predicted molar refractivity (Wildman–Crippen MR) is 108 cm³/mol. The molecule has 0 heterocycles. The van der Waals surface area contributed by atoms with Crippen LogP contribution in [0.15, 0.2) is 42.5 Å². The molecular formula is C24H31FO2. The molecule has 2 aromatic carbocycles. The second-order valence-electron chi connectivity index (χ2n) is 7.78. The van der Waals surface area contributed by atoms with Gasteiger partial charge in [-0.1, -0.05) is 51.3 Å². The molecule has 1 fully saturated rings. The zero-order chi connectivity index (χ0) is 19.1. The van der Waals surface area contributed by atoms with Gasteiger partial charge in [-0.15, -0.1) is 0 Å². The maximum Gasteiger partial charge on any atom is 0.165 e. The summed E-state index contributed by atoms with van der Waals surface area (Å²) < 4.78 is 25.8. The summed E-state index contributed by atoms with van der Waals surface area (Å²) in [5, 5.41) is 0. The van der Waals surface area contributed by atoms with Gasteiger partial charge in [0.25, 0.3) is 0 Å². The fraction of sp³-hybridized carbons (Fsp3) is 0.500. The highest BCUT2D eigenvalue weighted by Crippen LogP contribution is 2.36. The molecule has 0 amide bonds. The Balaban J connectivity index is 1.53. The first-order chi connectivity index (χ1) is 13.2. The Morgan fingerprint density at radius 2 is 1.70 bits per heavy atom.